The summed E-state index contributed by atoms with van der Waals surface area (Å²) in [5.74, 6) is 1.34. The second-order valence-electron chi connectivity index (χ2n) is 5.63. The summed E-state index contributed by atoms with van der Waals surface area (Å²) in [7, 11) is 1.61. The second-order valence-corrected chi connectivity index (χ2v) is 6.04. The SMILES string of the molecule is CCOc1cc(CN2CC(C)NCC2C)cc(Cl)c1OC. The summed E-state index contributed by atoms with van der Waals surface area (Å²) >= 11 is 6.32. The van der Waals surface area contributed by atoms with E-state index in [0.29, 0.717) is 29.5 Å². The Balaban J connectivity index is 2.19. The van der Waals surface area contributed by atoms with E-state index < -0.39 is 0 Å². The first-order valence-corrected chi connectivity index (χ1v) is 7.89. The van der Waals surface area contributed by atoms with E-state index in [2.05, 4.69) is 24.1 Å². The average Bonchev–Trinajstić information content (AvgIpc) is 2.43. The van der Waals surface area contributed by atoms with E-state index in [1.54, 1.807) is 7.11 Å². The predicted molar refractivity (Wildman–Crippen MR) is 86.5 cm³/mol. The molecular formula is C16H25ClN2O2. The minimum Gasteiger partial charge on any atom is -0.491 e. The highest BCUT2D eigenvalue weighted by atomic mass is 35.5. The first-order chi connectivity index (χ1) is 10.0. The lowest BCUT2D eigenvalue weighted by Gasteiger charge is -2.37. The molecule has 2 rings (SSSR count). The van der Waals surface area contributed by atoms with Crippen molar-refractivity contribution >= 4 is 11.6 Å². The minimum absolute atomic E-state index is 0.512. The normalized spacial score (nSPS) is 23.1. The van der Waals surface area contributed by atoms with Crippen molar-refractivity contribution in [3.05, 3.63) is 22.7 Å². The molecule has 0 amide bonds. The van der Waals surface area contributed by atoms with E-state index >= 15 is 0 Å². The van der Waals surface area contributed by atoms with Gasteiger partial charge >= 0.3 is 0 Å². The zero-order chi connectivity index (χ0) is 15.4. The standard InChI is InChI=1S/C16H25ClN2O2/c1-5-21-15-7-13(6-14(17)16(15)20-4)10-19-9-11(2)18-8-12(19)3/h6-7,11-12,18H,5,8-10H2,1-4H3. The molecule has 1 saturated heterocycles. The van der Waals surface area contributed by atoms with E-state index in [0.717, 1.165) is 30.9 Å². The van der Waals surface area contributed by atoms with Crippen LogP contribution in [0.15, 0.2) is 12.1 Å². The van der Waals surface area contributed by atoms with Gasteiger partial charge in [0.15, 0.2) is 11.5 Å². The van der Waals surface area contributed by atoms with Crippen LogP contribution in [-0.2, 0) is 6.54 Å². The number of rotatable bonds is 5. The van der Waals surface area contributed by atoms with E-state index in [-0.39, 0.29) is 0 Å². The van der Waals surface area contributed by atoms with E-state index in [1.807, 2.05) is 19.1 Å². The molecule has 0 radical (unpaired) electrons. The molecule has 1 N–H and O–H groups in total. The van der Waals surface area contributed by atoms with E-state index in [1.165, 1.54) is 0 Å². The van der Waals surface area contributed by atoms with Gasteiger partial charge in [0, 0.05) is 31.7 Å². The fraction of sp³-hybridized carbons (Fsp3) is 0.625. The first-order valence-electron chi connectivity index (χ1n) is 7.51. The molecule has 1 heterocycles. The monoisotopic (exact) mass is 312 g/mol. The molecule has 1 aromatic carbocycles. The molecule has 21 heavy (non-hydrogen) atoms. The molecule has 0 aromatic heterocycles. The van der Waals surface area contributed by atoms with E-state index in [4.69, 9.17) is 21.1 Å². The van der Waals surface area contributed by atoms with Gasteiger partial charge in [-0.2, -0.15) is 0 Å². The largest absolute Gasteiger partial charge is 0.491 e. The maximum Gasteiger partial charge on any atom is 0.179 e. The molecular weight excluding hydrogens is 288 g/mol. The molecule has 2 atom stereocenters. The van der Waals surface area contributed by atoms with Gasteiger partial charge < -0.3 is 14.8 Å². The van der Waals surface area contributed by atoms with Crippen molar-refractivity contribution in [3.63, 3.8) is 0 Å². The summed E-state index contributed by atoms with van der Waals surface area (Å²) in [6.07, 6.45) is 0. The molecule has 1 aliphatic heterocycles. The topological polar surface area (TPSA) is 33.7 Å². The highest BCUT2D eigenvalue weighted by Gasteiger charge is 2.23. The van der Waals surface area contributed by atoms with Gasteiger partial charge in [0.25, 0.3) is 0 Å². The number of ether oxygens (including phenoxy) is 2. The third kappa shape index (κ3) is 4.02. The van der Waals surface area contributed by atoms with E-state index in [9.17, 15) is 0 Å². The summed E-state index contributed by atoms with van der Waals surface area (Å²) in [5, 5.41) is 4.10. The summed E-state index contributed by atoms with van der Waals surface area (Å²) in [6.45, 7) is 9.94. The van der Waals surface area contributed by atoms with Crippen molar-refractivity contribution in [1.82, 2.24) is 10.2 Å². The molecule has 0 spiro atoms. The molecule has 1 aromatic rings. The van der Waals surface area contributed by atoms with Crippen molar-refractivity contribution in [2.75, 3.05) is 26.8 Å². The summed E-state index contributed by atoms with van der Waals surface area (Å²) in [5.41, 5.74) is 1.16. The van der Waals surface area contributed by atoms with Crippen LogP contribution in [0.3, 0.4) is 0 Å². The molecule has 0 bridgehead atoms. The van der Waals surface area contributed by atoms with Crippen LogP contribution in [0.5, 0.6) is 11.5 Å². The number of methoxy groups -OCH3 is 1. The smallest absolute Gasteiger partial charge is 0.179 e. The van der Waals surface area contributed by atoms with Gasteiger partial charge in [0.05, 0.1) is 18.7 Å². The van der Waals surface area contributed by atoms with Crippen molar-refractivity contribution in [2.45, 2.75) is 39.4 Å². The number of hydrogen-bond donors (Lipinski definition) is 1. The lowest BCUT2D eigenvalue weighted by atomic mass is 10.1. The summed E-state index contributed by atoms with van der Waals surface area (Å²) in [4.78, 5) is 2.47. The molecule has 118 valence electrons. The number of nitrogens with one attached hydrogen (secondary N) is 1. The molecule has 1 fully saturated rings. The molecule has 2 unspecified atom stereocenters. The Kier molecular flexibility index (Phi) is 5.73. The minimum atomic E-state index is 0.512. The molecule has 0 aliphatic carbocycles. The van der Waals surface area contributed by atoms with Crippen molar-refractivity contribution in [3.8, 4) is 11.5 Å². The van der Waals surface area contributed by atoms with Crippen LogP contribution in [-0.4, -0.2) is 43.8 Å². The highest BCUT2D eigenvalue weighted by molar-refractivity contribution is 6.32. The third-order valence-corrected chi connectivity index (χ3v) is 4.13. The number of nitrogens with zero attached hydrogens (tertiary/aromatic N) is 1. The van der Waals surface area contributed by atoms with Crippen molar-refractivity contribution < 1.29 is 9.47 Å². The first kappa shape index (κ1) is 16.4. The van der Waals surface area contributed by atoms with Crippen LogP contribution in [0.4, 0.5) is 0 Å². The maximum atomic E-state index is 6.32. The highest BCUT2D eigenvalue weighted by Crippen LogP contribution is 2.36. The Morgan fingerprint density at radius 1 is 1.38 bits per heavy atom. The number of benzene rings is 1. The zero-order valence-electron chi connectivity index (χ0n) is 13.3. The number of halogens is 1. The third-order valence-electron chi connectivity index (χ3n) is 3.85. The van der Waals surface area contributed by atoms with Crippen molar-refractivity contribution in [2.24, 2.45) is 0 Å². The fourth-order valence-electron chi connectivity index (χ4n) is 2.73. The Labute approximate surface area is 132 Å². The van der Waals surface area contributed by atoms with Gasteiger partial charge in [-0.3, -0.25) is 4.90 Å². The lowest BCUT2D eigenvalue weighted by molar-refractivity contribution is 0.138. The molecule has 0 saturated carbocycles. The van der Waals surface area contributed by atoms with Gasteiger partial charge in [0.2, 0.25) is 0 Å². The zero-order valence-corrected chi connectivity index (χ0v) is 14.0. The second kappa shape index (κ2) is 7.34. The Morgan fingerprint density at radius 2 is 2.14 bits per heavy atom. The van der Waals surface area contributed by atoms with Crippen LogP contribution < -0.4 is 14.8 Å². The van der Waals surface area contributed by atoms with Crippen LogP contribution >= 0.6 is 11.6 Å². The van der Waals surface area contributed by atoms with Crippen LogP contribution in [0, 0.1) is 0 Å². The fourth-order valence-corrected chi connectivity index (χ4v) is 3.04. The average molecular weight is 313 g/mol. The quantitative estimate of drug-likeness (QED) is 0.906. The van der Waals surface area contributed by atoms with Gasteiger partial charge in [-0.25, -0.2) is 0 Å². The summed E-state index contributed by atoms with van der Waals surface area (Å²) < 4.78 is 11.0. The molecule has 1 aliphatic rings. The van der Waals surface area contributed by atoms with Gasteiger partial charge in [-0.05, 0) is 38.5 Å². The van der Waals surface area contributed by atoms with Crippen LogP contribution in [0.1, 0.15) is 26.3 Å². The predicted octanol–water partition coefficient (Wildman–Crippen LogP) is 2.93. The number of piperazine rings is 1. The van der Waals surface area contributed by atoms with Gasteiger partial charge in [0.1, 0.15) is 0 Å². The van der Waals surface area contributed by atoms with Gasteiger partial charge in [-0.1, -0.05) is 11.6 Å². The lowest BCUT2D eigenvalue weighted by Crippen LogP contribution is -2.53. The van der Waals surface area contributed by atoms with Gasteiger partial charge in [-0.15, -0.1) is 0 Å². The Hall–Kier alpha value is -0.970. The summed E-state index contributed by atoms with van der Waals surface area (Å²) in [6, 6.07) is 5.04. The Morgan fingerprint density at radius 3 is 2.81 bits per heavy atom. The molecule has 5 heteroatoms. The van der Waals surface area contributed by atoms with Crippen LogP contribution in [0.2, 0.25) is 5.02 Å². The number of hydrogen-bond acceptors (Lipinski definition) is 4. The maximum absolute atomic E-state index is 6.32. The van der Waals surface area contributed by atoms with Crippen LogP contribution in [0.25, 0.3) is 0 Å². The molecule has 4 nitrogen and oxygen atoms in total. The Bertz CT molecular complexity index is 482. The van der Waals surface area contributed by atoms with Crippen molar-refractivity contribution in [1.29, 1.82) is 0 Å².